The van der Waals surface area contributed by atoms with Crippen molar-refractivity contribution < 1.29 is 19.8 Å². The molecule has 2 amide bonds. The first-order valence-corrected chi connectivity index (χ1v) is 4.65. The van der Waals surface area contributed by atoms with E-state index in [1.54, 1.807) is 6.92 Å². The molecule has 0 aromatic heterocycles. The Morgan fingerprint density at radius 1 is 1.38 bits per heavy atom. The number of carboxylic acids is 1. The third kappa shape index (κ3) is 2.88. The molecule has 0 spiro atoms. The summed E-state index contributed by atoms with van der Waals surface area (Å²) in [6, 6.07) is 3.15. The predicted molar refractivity (Wildman–Crippen MR) is 57.8 cm³/mol. The third-order valence-corrected chi connectivity index (χ3v) is 1.83. The largest absolute Gasteiger partial charge is 0.506 e. The molecule has 0 heterocycles. The van der Waals surface area contributed by atoms with E-state index in [0.29, 0.717) is 6.54 Å². The van der Waals surface area contributed by atoms with Crippen LogP contribution in [-0.4, -0.2) is 28.8 Å². The van der Waals surface area contributed by atoms with Crippen molar-refractivity contribution in [2.45, 2.75) is 6.92 Å². The number of hydrogen-bond acceptors (Lipinski definition) is 3. The van der Waals surface area contributed by atoms with Crippen LogP contribution in [0.3, 0.4) is 0 Å². The van der Waals surface area contributed by atoms with Gasteiger partial charge in [0, 0.05) is 6.54 Å². The van der Waals surface area contributed by atoms with Crippen molar-refractivity contribution >= 4 is 17.7 Å². The van der Waals surface area contributed by atoms with Gasteiger partial charge in [0.15, 0.2) is 0 Å². The predicted octanol–water partition coefficient (Wildman–Crippen LogP) is 1.23. The number of urea groups is 1. The zero-order valence-electron chi connectivity index (χ0n) is 8.65. The van der Waals surface area contributed by atoms with Crippen molar-refractivity contribution in [1.82, 2.24) is 5.32 Å². The van der Waals surface area contributed by atoms with Gasteiger partial charge in [-0.15, -0.1) is 0 Å². The second-order valence-corrected chi connectivity index (χ2v) is 3.02. The van der Waals surface area contributed by atoms with Crippen LogP contribution in [0.5, 0.6) is 5.75 Å². The number of nitrogens with one attached hydrogen (secondary N) is 2. The van der Waals surface area contributed by atoms with Crippen molar-refractivity contribution in [3.63, 3.8) is 0 Å². The summed E-state index contributed by atoms with van der Waals surface area (Å²) in [6.45, 7) is 2.18. The molecule has 0 fully saturated rings. The van der Waals surface area contributed by atoms with E-state index in [2.05, 4.69) is 10.6 Å². The van der Waals surface area contributed by atoms with Crippen LogP contribution in [-0.2, 0) is 0 Å². The Bertz CT molecular complexity index is 417. The Morgan fingerprint density at radius 2 is 2.06 bits per heavy atom. The number of aromatic hydroxyl groups is 1. The number of anilines is 1. The van der Waals surface area contributed by atoms with Crippen LogP contribution in [0, 0.1) is 0 Å². The van der Waals surface area contributed by atoms with E-state index < -0.39 is 12.0 Å². The van der Waals surface area contributed by atoms with E-state index >= 15 is 0 Å². The second kappa shape index (κ2) is 5.01. The second-order valence-electron chi connectivity index (χ2n) is 3.02. The fourth-order valence-electron chi connectivity index (χ4n) is 1.10. The van der Waals surface area contributed by atoms with Crippen LogP contribution in [0.2, 0.25) is 0 Å². The first-order valence-electron chi connectivity index (χ1n) is 4.65. The molecular formula is C10H12N2O4. The molecule has 6 nitrogen and oxygen atoms in total. The van der Waals surface area contributed by atoms with E-state index in [-0.39, 0.29) is 17.0 Å². The fraction of sp³-hybridized carbons (Fsp3) is 0.200. The van der Waals surface area contributed by atoms with Crippen LogP contribution < -0.4 is 10.6 Å². The maximum atomic E-state index is 11.2. The number of phenols is 1. The van der Waals surface area contributed by atoms with Crippen molar-refractivity contribution in [2.75, 3.05) is 11.9 Å². The van der Waals surface area contributed by atoms with Crippen LogP contribution in [0.1, 0.15) is 17.3 Å². The highest BCUT2D eigenvalue weighted by atomic mass is 16.4. The van der Waals surface area contributed by atoms with E-state index in [0.717, 1.165) is 0 Å². The highest BCUT2D eigenvalue weighted by Gasteiger charge is 2.09. The number of benzene rings is 1. The smallest absolute Gasteiger partial charge is 0.335 e. The van der Waals surface area contributed by atoms with Gasteiger partial charge < -0.3 is 20.8 Å². The lowest BCUT2D eigenvalue weighted by Crippen LogP contribution is -2.28. The molecule has 16 heavy (non-hydrogen) atoms. The average Bonchev–Trinajstić information content (AvgIpc) is 2.21. The van der Waals surface area contributed by atoms with Crippen molar-refractivity contribution in [2.24, 2.45) is 0 Å². The lowest BCUT2D eigenvalue weighted by Gasteiger charge is -2.08. The van der Waals surface area contributed by atoms with E-state index in [1.165, 1.54) is 18.2 Å². The molecule has 86 valence electrons. The van der Waals surface area contributed by atoms with Crippen molar-refractivity contribution in [3.05, 3.63) is 23.8 Å². The van der Waals surface area contributed by atoms with Gasteiger partial charge in [0.25, 0.3) is 0 Å². The summed E-state index contributed by atoms with van der Waals surface area (Å²) in [6.07, 6.45) is 0. The van der Waals surface area contributed by atoms with Crippen LogP contribution in [0.25, 0.3) is 0 Å². The topological polar surface area (TPSA) is 98.7 Å². The Hall–Kier alpha value is -2.24. The highest BCUT2D eigenvalue weighted by Crippen LogP contribution is 2.23. The zero-order chi connectivity index (χ0) is 12.1. The van der Waals surface area contributed by atoms with Gasteiger partial charge in [0.1, 0.15) is 5.75 Å². The lowest BCUT2D eigenvalue weighted by atomic mass is 10.2. The molecule has 1 rings (SSSR count). The number of carboxylic acid groups (broad SMARTS) is 1. The molecule has 0 unspecified atom stereocenters. The average molecular weight is 224 g/mol. The van der Waals surface area contributed by atoms with Gasteiger partial charge in [-0.1, -0.05) is 0 Å². The lowest BCUT2D eigenvalue weighted by molar-refractivity contribution is 0.0697. The summed E-state index contributed by atoms with van der Waals surface area (Å²) >= 11 is 0. The third-order valence-electron chi connectivity index (χ3n) is 1.83. The van der Waals surface area contributed by atoms with Gasteiger partial charge in [-0.05, 0) is 25.1 Å². The Labute approximate surface area is 91.9 Å². The van der Waals surface area contributed by atoms with E-state index in [4.69, 9.17) is 5.11 Å². The SMILES string of the molecule is CCNC(=O)Nc1cc(C(=O)O)ccc1O. The van der Waals surface area contributed by atoms with Crippen LogP contribution >= 0.6 is 0 Å². The molecule has 1 aromatic rings. The summed E-state index contributed by atoms with van der Waals surface area (Å²) in [4.78, 5) is 21.8. The maximum Gasteiger partial charge on any atom is 0.335 e. The molecule has 0 saturated carbocycles. The summed E-state index contributed by atoms with van der Waals surface area (Å²) in [7, 11) is 0. The molecule has 0 atom stereocenters. The summed E-state index contributed by atoms with van der Waals surface area (Å²) in [5, 5.41) is 22.9. The first-order chi connectivity index (χ1) is 7.54. The molecule has 0 radical (unpaired) electrons. The minimum Gasteiger partial charge on any atom is -0.506 e. The Balaban J connectivity index is 2.90. The molecule has 6 heteroatoms. The minimum atomic E-state index is -1.13. The first kappa shape index (κ1) is 11.8. The molecule has 0 bridgehead atoms. The summed E-state index contributed by atoms with van der Waals surface area (Å²) in [5.74, 6) is -1.31. The van der Waals surface area contributed by atoms with E-state index in [1.807, 2.05) is 0 Å². The number of amides is 2. The minimum absolute atomic E-state index is 0.00963. The van der Waals surface area contributed by atoms with Gasteiger partial charge in [0.2, 0.25) is 0 Å². The maximum absolute atomic E-state index is 11.2. The molecule has 0 aliphatic rings. The number of carbonyl (C=O) groups excluding carboxylic acids is 1. The number of aromatic carboxylic acids is 1. The quantitative estimate of drug-likeness (QED) is 0.580. The zero-order valence-corrected chi connectivity index (χ0v) is 8.65. The van der Waals surface area contributed by atoms with Gasteiger partial charge in [0.05, 0.1) is 11.3 Å². The van der Waals surface area contributed by atoms with Gasteiger partial charge in [-0.3, -0.25) is 0 Å². The fourth-order valence-corrected chi connectivity index (χ4v) is 1.10. The monoisotopic (exact) mass is 224 g/mol. The molecule has 1 aromatic carbocycles. The Morgan fingerprint density at radius 3 is 2.62 bits per heavy atom. The molecule has 4 N–H and O–H groups in total. The normalized spacial score (nSPS) is 9.56. The van der Waals surface area contributed by atoms with Gasteiger partial charge >= 0.3 is 12.0 Å². The number of phenolic OH excluding ortho intramolecular Hbond substituents is 1. The summed E-state index contributed by atoms with van der Waals surface area (Å²) in [5.41, 5.74) is 0.0513. The molecule has 0 aliphatic carbocycles. The van der Waals surface area contributed by atoms with E-state index in [9.17, 15) is 14.7 Å². The standard InChI is InChI=1S/C10H12N2O4/c1-2-11-10(16)12-7-5-6(9(14)15)3-4-8(7)13/h3-5,13H,2H2,1H3,(H,14,15)(H2,11,12,16). The van der Waals surface area contributed by atoms with Crippen LogP contribution in [0.4, 0.5) is 10.5 Å². The van der Waals surface area contributed by atoms with Crippen molar-refractivity contribution in [1.29, 1.82) is 0 Å². The number of carbonyl (C=O) groups is 2. The number of hydrogen-bond donors (Lipinski definition) is 4. The molecule has 0 saturated heterocycles. The molecular weight excluding hydrogens is 212 g/mol. The number of rotatable bonds is 3. The van der Waals surface area contributed by atoms with Crippen LogP contribution in [0.15, 0.2) is 18.2 Å². The van der Waals surface area contributed by atoms with Gasteiger partial charge in [-0.25, -0.2) is 9.59 Å². The van der Waals surface area contributed by atoms with Gasteiger partial charge in [-0.2, -0.15) is 0 Å². The highest BCUT2D eigenvalue weighted by molar-refractivity contribution is 5.94. The van der Waals surface area contributed by atoms with Crippen molar-refractivity contribution in [3.8, 4) is 5.75 Å². The molecule has 0 aliphatic heterocycles. The Kier molecular flexibility index (Phi) is 3.71. The summed E-state index contributed by atoms with van der Waals surface area (Å²) < 4.78 is 0.